The zero-order valence-corrected chi connectivity index (χ0v) is 9.83. The highest BCUT2D eigenvalue weighted by Gasteiger charge is 2.06. The monoisotopic (exact) mass is 228 g/mol. The lowest BCUT2D eigenvalue weighted by atomic mass is 9.98. The summed E-state index contributed by atoms with van der Waals surface area (Å²) in [7, 11) is 0. The maximum Gasteiger partial charge on any atom is 0.159 e. The van der Waals surface area contributed by atoms with Crippen LogP contribution in [-0.4, -0.2) is 5.78 Å². The summed E-state index contributed by atoms with van der Waals surface area (Å²) in [6.45, 7) is 3.28. The Morgan fingerprint density at radius 3 is 2.29 bits per heavy atom. The first-order valence-electron chi connectivity index (χ1n) is 5.46. The summed E-state index contributed by atoms with van der Waals surface area (Å²) >= 11 is 0. The van der Waals surface area contributed by atoms with E-state index in [1.807, 2.05) is 18.2 Å². The minimum atomic E-state index is -0.210. The summed E-state index contributed by atoms with van der Waals surface area (Å²) in [5.74, 6) is -0.175. The van der Waals surface area contributed by atoms with Crippen molar-refractivity contribution in [1.29, 1.82) is 0 Å². The number of carbonyl (C=O) groups excluding carboxylic acids is 1. The van der Waals surface area contributed by atoms with Crippen molar-refractivity contribution < 1.29 is 9.18 Å². The van der Waals surface area contributed by atoms with Crippen LogP contribution in [0.4, 0.5) is 4.39 Å². The molecule has 0 radical (unpaired) electrons. The van der Waals surface area contributed by atoms with Crippen LogP contribution in [0.3, 0.4) is 0 Å². The lowest BCUT2D eigenvalue weighted by molar-refractivity contribution is 0.101. The first-order chi connectivity index (χ1) is 8.09. The predicted octanol–water partition coefficient (Wildman–Crippen LogP) is 4.00. The Morgan fingerprint density at radius 2 is 1.71 bits per heavy atom. The van der Waals surface area contributed by atoms with Gasteiger partial charge in [-0.1, -0.05) is 36.4 Å². The van der Waals surface area contributed by atoms with Gasteiger partial charge in [0.1, 0.15) is 5.82 Å². The molecule has 2 aromatic carbocycles. The Balaban J connectivity index is 2.47. The van der Waals surface area contributed by atoms with Crippen LogP contribution < -0.4 is 0 Å². The van der Waals surface area contributed by atoms with Crippen molar-refractivity contribution in [3.05, 3.63) is 59.4 Å². The fraction of sp³-hybridized carbons (Fsp3) is 0.133. The molecule has 0 aromatic heterocycles. The molecule has 2 rings (SSSR count). The molecule has 1 nitrogen and oxygen atoms in total. The molecule has 86 valence electrons. The third kappa shape index (κ3) is 2.26. The van der Waals surface area contributed by atoms with Gasteiger partial charge in [0.25, 0.3) is 0 Å². The molecule has 0 atom stereocenters. The largest absolute Gasteiger partial charge is 0.295 e. The second-order valence-electron chi connectivity index (χ2n) is 4.05. The number of benzene rings is 2. The minimum absolute atomic E-state index is 0.0347. The molecule has 0 aliphatic carbocycles. The molecular formula is C15H13FO. The predicted molar refractivity (Wildman–Crippen MR) is 66.6 cm³/mol. The van der Waals surface area contributed by atoms with E-state index >= 15 is 0 Å². The molecule has 17 heavy (non-hydrogen) atoms. The molecule has 0 aliphatic heterocycles. The standard InChI is InChI=1S/C15H13FO/c1-10-14(4-3-5-15(10)16)13-8-6-12(7-9-13)11(2)17/h3-9H,1-2H3. The number of halogens is 1. The van der Waals surface area contributed by atoms with Gasteiger partial charge in [-0.15, -0.1) is 0 Å². The molecule has 0 bridgehead atoms. The van der Waals surface area contributed by atoms with Crippen molar-refractivity contribution in [1.82, 2.24) is 0 Å². The average Bonchev–Trinajstić information content (AvgIpc) is 2.33. The fourth-order valence-electron chi connectivity index (χ4n) is 1.80. The molecule has 0 unspecified atom stereocenters. The van der Waals surface area contributed by atoms with E-state index in [4.69, 9.17) is 0 Å². The summed E-state index contributed by atoms with van der Waals surface area (Å²) in [5, 5.41) is 0. The molecule has 2 heteroatoms. The van der Waals surface area contributed by atoms with Crippen molar-refractivity contribution in [2.45, 2.75) is 13.8 Å². The van der Waals surface area contributed by atoms with Gasteiger partial charge < -0.3 is 0 Å². The van der Waals surface area contributed by atoms with E-state index in [-0.39, 0.29) is 11.6 Å². The lowest BCUT2D eigenvalue weighted by Crippen LogP contribution is -1.92. The van der Waals surface area contributed by atoms with Crippen molar-refractivity contribution in [3.63, 3.8) is 0 Å². The number of ketones is 1. The van der Waals surface area contributed by atoms with Crippen LogP contribution in [0, 0.1) is 12.7 Å². The number of carbonyl (C=O) groups is 1. The number of hydrogen-bond donors (Lipinski definition) is 0. The van der Waals surface area contributed by atoms with Crippen LogP contribution in [0.2, 0.25) is 0 Å². The van der Waals surface area contributed by atoms with Crippen LogP contribution in [0.15, 0.2) is 42.5 Å². The third-order valence-electron chi connectivity index (χ3n) is 2.87. The normalized spacial score (nSPS) is 10.3. The molecule has 0 amide bonds. The van der Waals surface area contributed by atoms with Crippen molar-refractivity contribution >= 4 is 5.78 Å². The van der Waals surface area contributed by atoms with Crippen LogP contribution in [-0.2, 0) is 0 Å². The van der Waals surface area contributed by atoms with Gasteiger partial charge in [0.2, 0.25) is 0 Å². The van der Waals surface area contributed by atoms with Gasteiger partial charge in [-0.25, -0.2) is 4.39 Å². The Kier molecular flexibility index (Phi) is 3.05. The van der Waals surface area contributed by atoms with Gasteiger partial charge in [-0.3, -0.25) is 4.79 Å². The molecule has 0 aliphatic rings. The number of rotatable bonds is 2. The first kappa shape index (κ1) is 11.5. The molecule has 0 spiro atoms. The van der Waals surface area contributed by atoms with Gasteiger partial charge in [0.05, 0.1) is 0 Å². The molecule has 0 saturated heterocycles. The number of hydrogen-bond acceptors (Lipinski definition) is 1. The van der Waals surface area contributed by atoms with Crippen LogP contribution in [0.5, 0.6) is 0 Å². The van der Waals surface area contributed by atoms with Gasteiger partial charge >= 0.3 is 0 Å². The van der Waals surface area contributed by atoms with Crippen LogP contribution >= 0.6 is 0 Å². The first-order valence-corrected chi connectivity index (χ1v) is 5.46. The zero-order valence-electron chi connectivity index (χ0n) is 9.83. The second kappa shape index (κ2) is 4.50. The summed E-state index contributed by atoms with van der Waals surface area (Å²) in [5.41, 5.74) is 3.08. The summed E-state index contributed by atoms with van der Waals surface area (Å²) < 4.78 is 13.4. The smallest absolute Gasteiger partial charge is 0.159 e. The van der Waals surface area contributed by atoms with Crippen LogP contribution in [0.1, 0.15) is 22.8 Å². The second-order valence-corrected chi connectivity index (χ2v) is 4.05. The van der Waals surface area contributed by atoms with Gasteiger partial charge in [0, 0.05) is 5.56 Å². The molecule has 0 saturated carbocycles. The van der Waals surface area contributed by atoms with Gasteiger partial charge in [0.15, 0.2) is 5.78 Å². The lowest BCUT2D eigenvalue weighted by Gasteiger charge is -2.07. The van der Waals surface area contributed by atoms with E-state index in [1.165, 1.54) is 13.0 Å². The maximum absolute atomic E-state index is 13.4. The van der Waals surface area contributed by atoms with E-state index < -0.39 is 0 Å². The Labute approximate surface area is 99.9 Å². The van der Waals surface area contributed by atoms with Crippen LogP contribution in [0.25, 0.3) is 11.1 Å². The maximum atomic E-state index is 13.4. The Hall–Kier alpha value is -1.96. The topological polar surface area (TPSA) is 17.1 Å². The van der Waals surface area contributed by atoms with Crippen molar-refractivity contribution in [3.8, 4) is 11.1 Å². The van der Waals surface area contributed by atoms with Crippen molar-refractivity contribution in [2.24, 2.45) is 0 Å². The molecular weight excluding hydrogens is 215 g/mol. The van der Waals surface area contributed by atoms with E-state index in [9.17, 15) is 9.18 Å². The van der Waals surface area contributed by atoms with Gasteiger partial charge in [-0.2, -0.15) is 0 Å². The van der Waals surface area contributed by atoms with Gasteiger partial charge in [-0.05, 0) is 36.6 Å². The number of Topliss-reactive ketones (excluding diaryl/α,β-unsaturated/α-hetero) is 1. The highest BCUT2D eigenvalue weighted by molar-refractivity contribution is 5.94. The molecule has 0 heterocycles. The third-order valence-corrected chi connectivity index (χ3v) is 2.87. The average molecular weight is 228 g/mol. The molecule has 0 fully saturated rings. The molecule has 2 aromatic rings. The summed E-state index contributed by atoms with van der Waals surface area (Å²) in [4.78, 5) is 11.2. The van der Waals surface area contributed by atoms with E-state index in [0.717, 1.165) is 11.1 Å². The highest BCUT2D eigenvalue weighted by Crippen LogP contribution is 2.25. The Bertz CT molecular complexity index is 556. The fourth-order valence-corrected chi connectivity index (χ4v) is 1.80. The highest BCUT2D eigenvalue weighted by atomic mass is 19.1. The van der Waals surface area contributed by atoms with Crippen molar-refractivity contribution in [2.75, 3.05) is 0 Å². The quantitative estimate of drug-likeness (QED) is 0.710. The van der Waals surface area contributed by atoms with E-state index in [2.05, 4.69) is 0 Å². The van der Waals surface area contributed by atoms with E-state index in [1.54, 1.807) is 25.1 Å². The molecule has 0 N–H and O–H groups in total. The van der Waals surface area contributed by atoms with E-state index in [0.29, 0.717) is 11.1 Å². The summed E-state index contributed by atoms with van der Waals surface area (Å²) in [6, 6.07) is 12.2. The zero-order chi connectivity index (χ0) is 12.4. The SMILES string of the molecule is CC(=O)c1ccc(-c2cccc(F)c2C)cc1. The Morgan fingerprint density at radius 1 is 1.06 bits per heavy atom. The summed E-state index contributed by atoms with van der Waals surface area (Å²) in [6.07, 6.45) is 0. The minimum Gasteiger partial charge on any atom is -0.295 e.